The van der Waals surface area contributed by atoms with Gasteiger partial charge in [0, 0.05) is 19.1 Å². The van der Waals surface area contributed by atoms with Gasteiger partial charge in [0.25, 0.3) is 0 Å². The number of piperidine rings is 1. The molecule has 0 spiro atoms. The molecule has 1 rings (SSSR count). The Bertz CT molecular complexity index is 177. The van der Waals surface area contributed by atoms with Crippen molar-refractivity contribution >= 4 is 0 Å². The van der Waals surface area contributed by atoms with E-state index in [4.69, 9.17) is 5.73 Å². The molecular formula is C11H22N2. The zero-order valence-electron chi connectivity index (χ0n) is 8.92. The molecule has 1 heterocycles. The van der Waals surface area contributed by atoms with E-state index in [0.717, 1.165) is 18.0 Å². The summed E-state index contributed by atoms with van der Waals surface area (Å²) in [5, 5.41) is 0. The second kappa shape index (κ2) is 4.77. The van der Waals surface area contributed by atoms with Gasteiger partial charge < -0.3 is 5.73 Å². The number of likely N-dealkylation sites (tertiary alicyclic amines) is 1. The Morgan fingerprint density at radius 2 is 2.23 bits per heavy atom. The molecule has 0 saturated carbocycles. The quantitative estimate of drug-likeness (QED) is 0.672. The van der Waals surface area contributed by atoms with Crippen LogP contribution in [0.2, 0.25) is 0 Å². The first-order chi connectivity index (χ1) is 6.13. The first kappa shape index (κ1) is 10.7. The Labute approximate surface area is 81.8 Å². The molecular weight excluding hydrogens is 160 g/mol. The van der Waals surface area contributed by atoms with Gasteiger partial charge >= 0.3 is 0 Å². The van der Waals surface area contributed by atoms with Crippen LogP contribution in [0, 0.1) is 5.92 Å². The Morgan fingerprint density at radius 3 is 2.77 bits per heavy atom. The second-order valence-electron chi connectivity index (χ2n) is 4.40. The van der Waals surface area contributed by atoms with Gasteiger partial charge in [-0.05, 0) is 37.8 Å². The normalized spacial score (nSPS) is 30.4. The smallest absolute Gasteiger partial charge is 0.0205 e. The minimum Gasteiger partial charge on any atom is -0.327 e. The molecule has 2 N–H and O–H groups in total. The molecule has 0 aromatic heterocycles. The molecule has 13 heavy (non-hydrogen) atoms. The van der Waals surface area contributed by atoms with Crippen molar-refractivity contribution in [2.45, 2.75) is 32.7 Å². The minimum atomic E-state index is 0.624. The van der Waals surface area contributed by atoms with Gasteiger partial charge in [-0.3, -0.25) is 4.90 Å². The maximum absolute atomic E-state index is 5.54. The van der Waals surface area contributed by atoms with Crippen LogP contribution in [-0.4, -0.2) is 30.6 Å². The standard InChI is InChI=1S/C11H22N2/c1-9-4-5-13(11(3)6-9)8-10(2)7-12/h9,11H,2,4-8,12H2,1,3H3. The second-order valence-corrected chi connectivity index (χ2v) is 4.40. The van der Waals surface area contributed by atoms with Crippen molar-refractivity contribution in [3.05, 3.63) is 12.2 Å². The van der Waals surface area contributed by atoms with Crippen molar-refractivity contribution in [3.8, 4) is 0 Å². The predicted octanol–water partition coefficient (Wildman–Crippen LogP) is 1.62. The van der Waals surface area contributed by atoms with Crippen molar-refractivity contribution in [2.24, 2.45) is 11.7 Å². The van der Waals surface area contributed by atoms with Crippen molar-refractivity contribution in [2.75, 3.05) is 19.6 Å². The molecule has 2 nitrogen and oxygen atoms in total. The van der Waals surface area contributed by atoms with E-state index < -0.39 is 0 Å². The summed E-state index contributed by atoms with van der Waals surface area (Å²) in [6.07, 6.45) is 2.64. The molecule has 0 radical (unpaired) electrons. The number of nitrogens with zero attached hydrogens (tertiary/aromatic N) is 1. The lowest BCUT2D eigenvalue weighted by molar-refractivity contribution is 0.141. The lowest BCUT2D eigenvalue weighted by Gasteiger charge is -2.36. The summed E-state index contributed by atoms with van der Waals surface area (Å²) in [6.45, 7) is 11.4. The third kappa shape index (κ3) is 3.12. The highest BCUT2D eigenvalue weighted by Gasteiger charge is 2.22. The minimum absolute atomic E-state index is 0.624. The van der Waals surface area contributed by atoms with E-state index in [1.165, 1.54) is 19.4 Å². The third-order valence-corrected chi connectivity index (χ3v) is 2.99. The van der Waals surface area contributed by atoms with E-state index >= 15 is 0 Å². The number of hydrogen-bond acceptors (Lipinski definition) is 2. The summed E-state index contributed by atoms with van der Waals surface area (Å²) in [5.74, 6) is 0.886. The molecule has 0 amide bonds. The zero-order chi connectivity index (χ0) is 9.84. The monoisotopic (exact) mass is 182 g/mol. The molecule has 1 aliphatic rings. The van der Waals surface area contributed by atoms with Gasteiger partial charge in [-0.2, -0.15) is 0 Å². The van der Waals surface area contributed by atoms with Crippen LogP contribution in [0.15, 0.2) is 12.2 Å². The number of nitrogens with two attached hydrogens (primary N) is 1. The lowest BCUT2D eigenvalue weighted by Crippen LogP contribution is -2.41. The van der Waals surface area contributed by atoms with E-state index in [1.54, 1.807) is 0 Å². The van der Waals surface area contributed by atoms with E-state index in [1.807, 2.05) is 0 Å². The van der Waals surface area contributed by atoms with Crippen molar-refractivity contribution in [1.29, 1.82) is 0 Å². The fraction of sp³-hybridized carbons (Fsp3) is 0.818. The largest absolute Gasteiger partial charge is 0.327 e. The van der Waals surface area contributed by atoms with E-state index in [-0.39, 0.29) is 0 Å². The molecule has 2 atom stereocenters. The molecule has 0 aliphatic carbocycles. The van der Waals surface area contributed by atoms with Crippen LogP contribution in [0.25, 0.3) is 0 Å². The van der Waals surface area contributed by atoms with Crippen LogP contribution in [-0.2, 0) is 0 Å². The van der Waals surface area contributed by atoms with E-state index in [9.17, 15) is 0 Å². The fourth-order valence-corrected chi connectivity index (χ4v) is 2.04. The lowest BCUT2D eigenvalue weighted by atomic mass is 9.93. The van der Waals surface area contributed by atoms with Gasteiger partial charge in [0.1, 0.15) is 0 Å². The van der Waals surface area contributed by atoms with Crippen molar-refractivity contribution in [3.63, 3.8) is 0 Å². The van der Waals surface area contributed by atoms with Crippen LogP contribution >= 0.6 is 0 Å². The van der Waals surface area contributed by atoms with Crippen LogP contribution < -0.4 is 5.73 Å². The maximum Gasteiger partial charge on any atom is 0.0205 e. The van der Waals surface area contributed by atoms with Crippen LogP contribution in [0.5, 0.6) is 0 Å². The van der Waals surface area contributed by atoms with E-state index in [0.29, 0.717) is 12.6 Å². The summed E-state index contributed by atoms with van der Waals surface area (Å²) < 4.78 is 0. The van der Waals surface area contributed by atoms with Crippen LogP contribution in [0.1, 0.15) is 26.7 Å². The number of rotatable bonds is 3. The summed E-state index contributed by atoms with van der Waals surface area (Å²) in [7, 11) is 0. The SMILES string of the molecule is C=C(CN)CN1CCC(C)CC1C. The summed E-state index contributed by atoms with van der Waals surface area (Å²) in [4.78, 5) is 2.50. The predicted molar refractivity (Wildman–Crippen MR) is 57.6 cm³/mol. The highest BCUT2D eigenvalue weighted by Crippen LogP contribution is 2.22. The number of hydrogen-bond donors (Lipinski definition) is 1. The summed E-state index contributed by atoms with van der Waals surface area (Å²) in [5.41, 5.74) is 6.69. The Morgan fingerprint density at radius 1 is 1.54 bits per heavy atom. The maximum atomic E-state index is 5.54. The Balaban J connectivity index is 2.38. The van der Waals surface area contributed by atoms with Gasteiger partial charge in [-0.1, -0.05) is 13.5 Å². The van der Waals surface area contributed by atoms with Gasteiger partial charge in [0.05, 0.1) is 0 Å². The van der Waals surface area contributed by atoms with Gasteiger partial charge in [0.2, 0.25) is 0 Å². The molecule has 2 unspecified atom stereocenters. The molecule has 0 bridgehead atoms. The molecule has 1 saturated heterocycles. The topological polar surface area (TPSA) is 29.3 Å². The zero-order valence-corrected chi connectivity index (χ0v) is 8.92. The summed E-state index contributed by atoms with van der Waals surface area (Å²) >= 11 is 0. The van der Waals surface area contributed by atoms with E-state index in [2.05, 4.69) is 25.3 Å². The first-order valence-corrected chi connectivity index (χ1v) is 5.24. The summed E-state index contributed by atoms with van der Waals surface area (Å²) in [6, 6.07) is 0.701. The van der Waals surface area contributed by atoms with Crippen molar-refractivity contribution in [1.82, 2.24) is 4.90 Å². The highest BCUT2D eigenvalue weighted by atomic mass is 15.2. The van der Waals surface area contributed by atoms with Gasteiger partial charge in [0.15, 0.2) is 0 Å². The molecule has 0 aromatic rings. The molecule has 76 valence electrons. The van der Waals surface area contributed by atoms with Crippen LogP contribution in [0.3, 0.4) is 0 Å². The first-order valence-electron chi connectivity index (χ1n) is 5.24. The van der Waals surface area contributed by atoms with Gasteiger partial charge in [-0.25, -0.2) is 0 Å². The average Bonchev–Trinajstić information content (AvgIpc) is 2.09. The highest BCUT2D eigenvalue weighted by molar-refractivity contribution is 5.00. The molecule has 0 aromatic carbocycles. The molecule has 2 heteroatoms. The van der Waals surface area contributed by atoms with Gasteiger partial charge in [-0.15, -0.1) is 0 Å². The fourth-order valence-electron chi connectivity index (χ4n) is 2.04. The van der Waals surface area contributed by atoms with Crippen molar-refractivity contribution < 1.29 is 0 Å². The third-order valence-electron chi connectivity index (χ3n) is 2.99. The Hall–Kier alpha value is -0.340. The average molecular weight is 182 g/mol. The molecule has 1 fully saturated rings. The van der Waals surface area contributed by atoms with Crippen LogP contribution in [0.4, 0.5) is 0 Å². The Kier molecular flexibility index (Phi) is 3.94. The molecule has 1 aliphatic heterocycles.